The fourth-order valence-electron chi connectivity index (χ4n) is 3.96. The zero-order valence-corrected chi connectivity index (χ0v) is 23.3. The SMILES string of the molecule is COc1ccc(SCCCC(=O)N(CCCN2CCOCC2)c2nc3cc(OC)ccc3s2)cc1.Cl. The standard InChI is InChI=1S/C26H33N3O4S2.ClH/c1-31-20-6-9-22(10-7-20)34-18-3-5-25(30)29(13-4-12-28-14-16-33-17-15-28)26-27-23-19-21(32-2)8-11-24(23)35-26;/h6-11,19H,3-5,12-18H2,1-2H3;1H. The molecule has 1 amide bonds. The number of anilines is 1. The van der Waals surface area contributed by atoms with Crippen molar-refractivity contribution < 1.29 is 19.0 Å². The molecule has 0 radical (unpaired) electrons. The zero-order valence-electron chi connectivity index (χ0n) is 20.8. The van der Waals surface area contributed by atoms with Crippen molar-refractivity contribution in [2.24, 2.45) is 0 Å². The molecule has 36 heavy (non-hydrogen) atoms. The van der Waals surface area contributed by atoms with Crippen molar-refractivity contribution in [1.82, 2.24) is 9.88 Å². The predicted octanol–water partition coefficient (Wildman–Crippen LogP) is 5.36. The third-order valence-corrected chi connectivity index (χ3v) is 8.10. The number of hydrogen-bond acceptors (Lipinski definition) is 8. The van der Waals surface area contributed by atoms with Gasteiger partial charge in [0.25, 0.3) is 0 Å². The first-order valence-corrected chi connectivity index (χ1v) is 13.8. The van der Waals surface area contributed by atoms with Crippen LogP contribution in [0.2, 0.25) is 0 Å². The minimum atomic E-state index is 0. The summed E-state index contributed by atoms with van der Waals surface area (Å²) in [5.74, 6) is 2.64. The predicted molar refractivity (Wildman–Crippen MR) is 151 cm³/mol. The number of nitrogens with zero attached hydrogens (tertiary/aromatic N) is 3. The molecule has 1 fully saturated rings. The van der Waals surface area contributed by atoms with Crippen LogP contribution in [0.25, 0.3) is 10.2 Å². The second kappa shape index (κ2) is 14.6. The number of benzene rings is 2. The number of fused-ring (bicyclic) bond motifs is 1. The van der Waals surface area contributed by atoms with Crippen molar-refractivity contribution in [2.45, 2.75) is 24.2 Å². The van der Waals surface area contributed by atoms with Gasteiger partial charge >= 0.3 is 0 Å². The number of halogens is 1. The molecule has 0 unspecified atom stereocenters. The van der Waals surface area contributed by atoms with Crippen LogP contribution in [-0.4, -0.2) is 75.2 Å². The van der Waals surface area contributed by atoms with Gasteiger partial charge in [-0.2, -0.15) is 0 Å². The van der Waals surface area contributed by atoms with E-state index in [2.05, 4.69) is 17.0 Å². The van der Waals surface area contributed by atoms with E-state index in [4.69, 9.17) is 19.2 Å². The molecule has 1 aliphatic rings. The Kier molecular flexibility index (Phi) is 11.6. The van der Waals surface area contributed by atoms with Crippen LogP contribution < -0.4 is 14.4 Å². The third-order valence-electron chi connectivity index (χ3n) is 5.94. The number of carbonyl (C=O) groups is 1. The summed E-state index contributed by atoms with van der Waals surface area (Å²) in [6, 6.07) is 13.9. The summed E-state index contributed by atoms with van der Waals surface area (Å²) >= 11 is 3.33. The van der Waals surface area contributed by atoms with Crippen LogP contribution in [0, 0.1) is 0 Å². The van der Waals surface area contributed by atoms with E-state index in [0.29, 0.717) is 13.0 Å². The second-order valence-electron chi connectivity index (χ2n) is 8.31. The number of morpholine rings is 1. The molecule has 1 aromatic heterocycles. The lowest BCUT2D eigenvalue weighted by atomic mass is 10.2. The summed E-state index contributed by atoms with van der Waals surface area (Å²) < 4.78 is 17.1. The lowest BCUT2D eigenvalue weighted by Gasteiger charge is -2.27. The van der Waals surface area contributed by atoms with Gasteiger partial charge < -0.3 is 14.2 Å². The maximum absolute atomic E-state index is 13.3. The molecule has 0 atom stereocenters. The molecular weight excluding hydrogens is 518 g/mol. The van der Waals surface area contributed by atoms with Gasteiger partial charge in [0.15, 0.2) is 5.13 Å². The smallest absolute Gasteiger partial charge is 0.228 e. The van der Waals surface area contributed by atoms with Gasteiger partial charge in [0.1, 0.15) is 11.5 Å². The van der Waals surface area contributed by atoms with Crippen LogP contribution in [0.1, 0.15) is 19.3 Å². The molecular formula is C26H34ClN3O4S2. The highest BCUT2D eigenvalue weighted by Crippen LogP contribution is 2.32. The van der Waals surface area contributed by atoms with E-state index in [1.165, 1.54) is 4.90 Å². The summed E-state index contributed by atoms with van der Waals surface area (Å²) in [7, 11) is 3.32. The number of carbonyl (C=O) groups excluding carboxylic acids is 1. The van der Waals surface area contributed by atoms with Crippen molar-refractivity contribution in [2.75, 3.05) is 64.3 Å². The Morgan fingerprint density at radius 2 is 1.81 bits per heavy atom. The summed E-state index contributed by atoms with van der Waals surface area (Å²) in [6.45, 7) is 5.11. The lowest BCUT2D eigenvalue weighted by molar-refractivity contribution is -0.118. The fraction of sp³-hybridized carbons (Fsp3) is 0.462. The first kappa shape index (κ1) is 28.5. The number of rotatable bonds is 12. The molecule has 0 bridgehead atoms. The molecule has 1 saturated heterocycles. The van der Waals surface area contributed by atoms with Crippen LogP contribution in [0.3, 0.4) is 0 Å². The second-order valence-corrected chi connectivity index (χ2v) is 10.5. The van der Waals surface area contributed by atoms with Crippen molar-refractivity contribution in [3.63, 3.8) is 0 Å². The molecule has 7 nitrogen and oxygen atoms in total. The largest absolute Gasteiger partial charge is 0.497 e. The van der Waals surface area contributed by atoms with Gasteiger partial charge in [0, 0.05) is 43.6 Å². The third kappa shape index (κ3) is 7.98. The van der Waals surface area contributed by atoms with E-state index < -0.39 is 0 Å². The molecule has 196 valence electrons. The van der Waals surface area contributed by atoms with Crippen LogP contribution in [0.4, 0.5) is 5.13 Å². The van der Waals surface area contributed by atoms with E-state index in [-0.39, 0.29) is 18.3 Å². The molecule has 0 N–H and O–H groups in total. The van der Waals surface area contributed by atoms with E-state index in [0.717, 1.165) is 78.3 Å². The maximum atomic E-state index is 13.3. The van der Waals surface area contributed by atoms with Crippen molar-refractivity contribution >= 4 is 56.8 Å². The zero-order chi connectivity index (χ0) is 24.5. The molecule has 0 saturated carbocycles. The molecule has 3 aromatic rings. The Bertz CT molecular complexity index is 1090. The minimum absolute atomic E-state index is 0. The van der Waals surface area contributed by atoms with Gasteiger partial charge in [0.05, 0.1) is 37.6 Å². The Morgan fingerprint density at radius 3 is 2.53 bits per heavy atom. The van der Waals surface area contributed by atoms with Crippen LogP contribution in [-0.2, 0) is 9.53 Å². The quantitative estimate of drug-likeness (QED) is 0.222. The number of amides is 1. The van der Waals surface area contributed by atoms with Gasteiger partial charge in [-0.1, -0.05) is 11.3 Å². The number of aromatic nitrogens is 1. The van der Waals surface area contributed by atoms with E-state index in [1.807, 2.05) is 35.2 Å². The summed E-state index contributed by atoms with van der Waals surface area (Å²) in [4.78, 5) is 23.6. The molecule has 0 spiro atoms. The Labute approximate surface area is 227 Å². The van der Waals surface area contributed by atoms with Gasteiger partial charge in [-0.3, -0.25) is 14.6 Å². The topological polar surface area (TPSA) is 64.1 Å². The van der Waals surface area contributed by atoms with E-state index >= 15 is 0 Å². The Hall–Kier alpha value is -2.04. The highest BCUT2D eigenvalue weighted by molar-refractivity contribution is 7.99. The Balaban J connectivity index is 0.00000361. The van der Waals surface area contributed by atoms with Gasteiger partial charge in [0.2, 0.25) is 5.91 Å². The molecule has 10 heteroatoms. The maximum Gasteiger partial charge on any atom is 0.228 e. The van der Waals surface area contributed by atoms with Gasteiger partial charge in [-0.25, -0.2) is 4.98 Å². The molecule has 2 heterocycles. The normalized spacial score (nSPS) is 13.8. The van der Waals surface area contributed by atoms with E-state index in [1.54, 1.807) is 37.3 Å². The lowest BCUT2D eigenvalue weighted by Crippen LogP contribution is -2.39. The average Bonchev–Trinajstić information content (AvgIpc) is 3.32. The van der Waals surface area contributed by atoms with Crippen LogP contribution >= 0.6 is 35.5 Å². The van der Waals surface area contributed by atoms with E-state index in [9.17, 15) is 4.79 Å². The number of thioether (sulfide) groups is 1. The number of hydrogen-bond donors (Lipinski definition) is 0. The molecule has 2 aromatic carbocycles. The van der Waals surface area contributed by atoms with Crippen molar-refractivity contribution in [3.05, 3.63) is 42.5 Å². The van der Waals surface area contributed by atoms with Gasteiger partial charge in [-0.15, -0.1) is 24.2 Å². The Morgan fingerprint density at radius 1 is 1.08 bits per heavy atom. The summed E-state index contributed by atoms with van der Waals surface area (Å²) in [6.07, 6.45) is 2.22. The summed E-state index contributed by atoms with van der Waals surface area (Å²) in [5.41, 5.74) is 0.866. The summed E-state index contributed by atoms with van der Waals surface area (Å²) in [5, 5.41) is 0.767. The van der Waals surface area contributed by atoms with Gasteiger partial charge in [-0.05, 0) is 55.0 Å². The first-order valence-electron chi connectivity index (χ1n) is 12.0. The first-order chi connectivity index (χ1) is 17.2. The molecule has 0 aliphatic carbocycles. The van der Waals surface area contributed by atoms with Crippen molar-refractivity contribution in [1.29, 1.82) is 0 Å². The fourth-order valence-corrected chi connectivity index (χ4v) is 5.80. The highest BCUT2D eigenvalue weighted by atomic mass is 35.5. The minimum Gasteiger partial charge on any atom is -0.497 e. The number of methoxy groups -OCH3 is 2. The molecule has 1 aliphatic heterocycles. The molecule has 4 rings (SSSR count). The monoisotopic (exact) mass is 551 g/mol. The number of ether oxygens (including phenoxy) is 3. The van der Waals surface area contributed by atoms with Crippen molar-refractivity contribution in [3.8, 4) is 11.5 Å². The highest BCUT2D eigenvalue weighted by Gasteiger charge is 2.20. The van der Waals surface area contributed by atoms with Crippen LogP contribution in [0.5, 0.6) is 11.5 Å². The number of thiazole rings is 1. The van der Waals surface area contributed by atoms with Crippen LogP contribution in [0.15, 0.2) is 47.4 Å². The average molecular weight is 552 g/mol.